The zero-order valence-corrected chi connectivity index (χ0v) is 14.1. The van der Waals surface area contributed by atoms with E-state index in [1.54, 1.807) is 12.1 Å². The minimum atomic E-state index is -3.77. The maximum absolute atomic E-state index is 12.2. The standard InChI is InChI=1S/C13H9ClINO4S/c14-11-7-8(13(17)18)1-6-12(11)16-21(19,20)10-4-2-9(15)3-5-10/h1-7,16H,(H,17,18). The van der Waals surface area contributed by atoms with Crippen LogP contribution in [0.4, 0.5) is 5.69 Å². The molecule has 0 saturated carbocycles. The van der Waals surface area contributed by atoms with Gasteiger partial charge in [0.25, 0.3) is 10.0 Å². The van der Waals surface area contributed by atoms with Crippen molar-refractivity contribution >= 4 is 55.9 Å². The molecular weight excluding hydrogens is 429 g/mol. The number of carbonyl (C=O) groups is 1. The highest BCUT2D eigenvalue weighted by atomic mass is 127. The van der Waals surface area contributed by atoms with Crippen molar-refractivity contribution < 1.29 is 18.3 Å². The van der Waals surface area contributed by atoms with E-state index in [2.05, 4.69) is 27.3 Å². The Hall–Kier alpha value is -1.32. The quantitative estimate of drug-likeness (QED) is 0.718. The van der Waals surface area contributed by atoms with E-state index >= 15 is 0 Å². The lowest BCUT2D eigenvalue weighted by Gasteiger charge is -2.10. The van der Waals surface area contributed by atoms with Crippen molar-refractivity contribution in [2.45, 2.75) is 4.90 Å². The summed E-state index contributed by atoms with van der Waals surface area (Å²) in [7, 11) is -3.77. The normalized spacial score (nSPS) is 11.1. The summed E-state index contributed by atoms with van der Waals surface area (Å²) in [6.07, 6.45) is 0. The number of hydrogen-bond acceptors (Lipinski definition) is 3. The van der Waals surface area contributed by atoms with Crippen LogP contribution in [0.15, 0.2) is 47.4 Å². The molecule has 0 saturated heterocycles. The van der Waals surface area contributed by atoms with Gasteiger partial charge in [0.2, 0.25) is 0 Å². The number of benzene rings is 2. The second-order valence-corrected chi connectivity index (χ2v) is 7.39. The molecule has 0 aliphatic heterocycles. The van der Waals surface area contributed by atoms with Crippen LogP contribution < -0.4 is 4.72 Å². The zero-order valence-electron chi connectivity index (χ0n) is 10.4. The maximum Gasteiger partial charge on any atom is 0.335 e. The van der Waals surface area contributed by atoms with Gasteiger partial charge in [0.05, 0.1) is 21.2 Å². The van der Waals surface area contributed by atoms with E-state index in [1.165, 1.54) is 30.3 Å². The van der Waals surface area contributed by atoms with Crippen molar-refractivity contribution in [1.82, 2.24) is 0 Å². The predicted molar refractivity (Wildman–Crippen MR) is 88.4 cm³/mol. The number of sulfonamides is 1. The number of hydrogen-bond donors (Lipinski definition) is 2. The van der Waals surface area contributed by atoms with Crippen molar-refractivity contribution in [3.63, 3.8) is 0 Å². The molecule has 8 heteroatoms. The predicted octanol–water partition coefficient (Wildman–Crippen LogP) is 3.44. The Labute approximate surface area is 140 Å². The Morgan fingerprint density at radius 3 is 2.29 bits per heavy atom. The Morgan fingerprint density at radius 1 is 1.14 bits per heavy atom. The van der Waals surface area contributed by atoms with Gasteiger partial charge in [-0.25, -0.2) is 13.2 Å². The number of carboxylic acids is 1. The lowest BCUT2D eigenvalue weighted by molar-refractivity contribution is 0.0697. The highest BCUT2D eigenvalue weighted by molar-refractivity contribution is 14.1. The molecule has 2 N–H and O–H groups in total. The first-order chi connectivity index (χ1) is 9.79. The molecule has 0 atom stereocenters. The Morgan fingerprint density at radius 2 is 1.76 bits per heavy atom. The van der Waals surface area contributed by atoms with Crippen molar-refractivity contribution in [2.24, 2.45) is 0 Å². The maximum atomic E-state index is 12.2. The van der Waals surface area contributed by atoms with Crippen molar-refractivity contribution in [3.8, 4) is 0 Å². The molecule has 0 bridgehead atoms. The number of halogens is 2. The smallest absolute Gasteiger partial charge is 0.335 e. The summed E-state index contributed by atoms with van der Waals surface area (Å²) in [6, 6.07) is 10.1. The number of anilines is 1. The Bertz CT molecular complexity index is 790. The molecule has 0 spiro atoms. The first-order valence-corrected chi connectivity index (χ1v) is 8.55. The topological polar surface area (TPSA) is 83.5 Å². The van der Waals surface area contributed by atoms with Gasteiger partial charge < -0.3 is 5.11 Å². The van der Waals surface area contributed by atoms with Crippen LogP contribution in [-0.2, 0) is 10.0 Å². The number of aromatic carboxylic acids is 1. The van der Waals surface area contributed by atoms with E-state index in [4.69, 9.17) is 16.7 Å². The molecule has 0 heterocycles. The van der Waals surface area contributed by atoms with Gasteiger partial charge in [0.15, 0.2) is 0 Å². The SMILES string of the molecule is O=C(O)c1ccc(NS(=O)(=O)c2ccc(I)cc2)c(Cl)c1. The fraction of sp³-hybridized carbons (Fsp3) is 0. The third-order valence-electron chi connectivity index (χ3n) is 2.58. The van der Waals surface area contributed by atoms with Gasteiger partial charge in [0.1, 0.15) is 0 Å². The van der Waals surface area contributed by atoms with Crippen LogP contribution in [0.25, 0.3) is 0 Å². The molecule has 2 aromatic carbocycles. The molecule has 0 amide bonds. The van der Waals surface area contributed by atoms with E-state index in [0.29, 0.717) is 0 Å². The largest absolute Gasteiger partial charge is 0.478 e. The zero-order chi connectivity index (χ0) is 15.6. The van der Waals surface area contributed by atoms with Crippen molar-refractivity contribution in [2.75, 3.05) is 4.72 Å². The highest BCUT2D eigenvalue weighted by Crippen LogP contribution is 2.26. The van der Waals surface area contributed by atoms with E-state index < -0.39 is 16.0 Å². The lowest BCUT2D eigenvalue weighted by atomic mass is 10.2. The summed E-state index contributed by atoms with van der Waals surface area (Å²) in [5.41, 5.74) is 0.109. The average Bonchev–Trinajstić information content (AvgIpc) is 2.41. The van der Waals surface area contributed by atoms with Crippen molar-refractivity contribution in [1.29, 1.82) is 0 Å². The summed E-state index contributed by atoms with van der Waals surface area (Å²) < 4.78 is 27.6. The minimum absolute atomic E-state index is 0.0165. The third kappa shape index (κ3) is 3.86. The molecule has 0 unspecified atom stereocenters. The number of nitrogens with one attached hydrogen (secondary N) is 1. The van der Waals surface area contributed by atoms with E-state index in [0.717, 1.165) is 3.57 Å². The van der Waals surface area contributed by atoms with Gasteiger partial charge in [-0.2, -0.15) is 0 Å². The third-order valence-corrected chi connectivity index (χ3v) is 5.00. The lowest BCUT2D eigenvalue weighted by Crippen LogP contribution is -2.13. The van der Waals surface area contributed by atoms with E-state index in [1.807, 2.05) is 0 Å². The van der Waals surface area contributed by atoms with Crippen LogP contribution in [0.1, 0.15) is 10.4 Å². The number of carboxylic acid groups (broad SMARTS) is 1. The molecule has 0 aromatic heterocycles. The van der Waals surface area contributed by atoms with E-state index in [-0.39, 0.29) is 21.2 Å². The Kier molecular flexibility index (Phi) is 4.74. The van der Waals surface area contributed by atoms with Crippen LogP contribution in [-0.4, -0.2) is 19.5 Å². The second kappa shape index (κ2) is 6.20. The Balaban J connectivity index is 2.32. The summed E-state index contributed by atoms with van der Waals surface area (Å²) in [4.78, 5) is 10.9. The summed E-state index contributed by atoms with van der Waals surface area (Å²) >= 11 is 7.97. The van der Waals surface area contributed by atoms with Crippen LogP contribution in [0, 0.1) is 3.57 Å². The van der Waals surface area contributed by atoms with Crippen LogP contribution >= 0.6 is 34.2 Å². The monoisotopic (exact) mass is 437 g/mol. The fourth-order valence-electron chi connectivity index (χ4n) is 1.55. The molecular formula is C13H9ClINO4S. The molecule has 2 aromatic rings. The molecule has 0 aliphatic rings. The first kappa shape index (κ1) is 16.1. The van der Waals surface area contributed by atoms with Crippen LogP contribution in [0.5, 0.6) is 0 Å². The molecule has 0 fully saturated rings. The highest BCUT2D eigenvalue weighted by Gasteiger charge is 2.16. The van der Waals surface area contributed by atoms with Gasteiger partial charge in [0, 0.05) is 3.57 Å². The average molecular weight is 438 g/mol. The number of rotatable bonds is 4. The summed E-state index contributed by atoms with van der Waals surface area (Å²) in [5.74, 6) is -1.14. The van der Waals surface area contributed by atoms with Crippen LogP contribution in [0.3, 0.4) is 0 Å². The molecule has 2 rings (SSSR count). The second-order valence-electron chi connectivity index (χ2n) is 4.06. The summed E-state index contributed by atoms with van der Waals surface area (Å²) in [6.45, 7) is 0. The minimum Gasteiger partial charge on any atom is -0.478 e. The van der Waals surface area contributed by atoms with Gasteiger partial charge >= 0.3 is 5.97 Å². The van der Waals surface area contributed by atoms with Crippen molar-refractivity contribution in [3.05, 3.63) is 56.6 Å². The van der Waals surface area contributed by atoms with Crippen LogP contribution in [0.2, 0.25) is 5.02 Å². The molecule has 5 nitrogen and oxygen atoms in total. The first-order valence-electron chi connectivity index (χ1n) is 5.61. The van der Waals surface area contributed by atoms with Gasteiger partial charge in [-0.3, -0.25) is 4.72 Å². The fourth-order valence-corrected chi connectivity index (χ4v) is 3.27. The molecule has 110 valence electrons. The summed E-state index contributed by atoms with van der Waals surface area (Å²) in [5, 5.41) is 8.86. The molecule has 21 heavy (non-hydrogen) atoms. The van der Waals surface area contributed by atoms with Gasteiger partial charge in [-0.1, -0.05) is 11.6 Å². The van der Waals surface area contributed by atoms with E-state index in [9.17, 15) is 13.2 Å². The van der Waals surface area contributed by atoms with Gasteiger partial charge in [-0.05, 0) is 65.1 Å². The molecule has 0 radical (unpaired) electrons. The van der Waals surface area contributed by atoms with Gasteiger partial charge in [-0.15, -0.1) is 0 Å². The molecule has 0 aliphatic carbocycles.